The molecule has 1 spiro atoms. The highest BCUT2D eigenvalue weighted by Crippen LogP contribution is 2.47. The molecule has 2 aliphatic carbocycles. The van der Waals surface area contributed by atoms with Gasteiger partial charge in [0.05, 0.1) is 6.61 Å². The van der Waals surface area contributed by atoms with Crippen LogP contribution in [0.4, 0.5) is 0 Å². The number of rotatable bonds is 5. The zero-order valence-corrected chi connectivity index (χ0v) is 13.4. The van der Waals surface area contributed by atoms with Gasteiger partial charge in [-0.25, -0.2) is 4.79 Å². The van der Waals surface area contributed by atoms with Gasteiger partial charge in [-0.15, -0.1) is 0 Å². The fourth-order valence-corrected chi connectivity index (χ4v) is 4.40. The molecular formula is C17H30N2O2. The Bertz CT molecular complexity index is 378. The predicted octanol–water partition coefficient (Wildman–Crippen LogP) is 2.31. The summed E-state index contributed by atoms with van der Waals surface area (Å²) < 4.78 is 5.25. The van der Waals surface area contributed by atoms with Crippen molar-refractivity contribution in [2.45, 2.75) is 63.8 Å². The van der Waals surface area contributed by atoms with E-state index in [0.717, 1.165) is 25.9 Å². The van der Waals surface area contributed by atoms with Crippen molar-refractivity contribution < 1.29 is 9.53 Å². The summed E-state index contributed by atoms with van der Waals surface area (Å²) in [6.07, 6.45) is 10.4. The molecule has 0 bridgehead atoms. The van der Waals surface area contributed by atoms with Gasteiger partial charge in [0.1, 0.15) is 5.54 Å². The molecule has 1 unspecified atom stereocenters. The van der Waals surface area contributed by atoms with E-state index in [1.54, 1.807) is 0 Å². The fraction of sp³-hybridized carbons (Fsp3) is 0.941. The number of hydrogen-bond donors (Lipinski definition) is 1. The molecule has 3 fully saturated rings. The number of likely N-dealkylation sites (tertiary alicyclic amines) is 1. The van der Waals surface area contributed by atoms with Crippen LogP contribution in [0.25, 0.3) is 0 Å². The minimum atomic E-state index is -0.768. The highest BCUT2D eigenvalue weighted by molar-refractivity contribution is 5.82. The molecule has 3 rings (SSSR count). The van der Waals surface area contributed by atoms with Crippen LogP contribution in [0.15, 0.2) is 0 Å². The maximum Gasteiger partial charge on any atom is 0.327 e. The Balaban J connectivity index is 1.58. The maximum atomic E-state index is 12.3. The molecule has 1 atom stereocenters. The lowest BCUT2D eigenvalue weighted by atomic mass is 9.76. The second-order valence-corrected chi connectivity index (χ2v) is 7.52. The van der Waals surface area contributed by atoms with Gasteiger partial charge in [0.15, 0.2) is 0 Å². The maximum absolute atomic E-state index is 12.3. The van der Waals surface area contributed by atoms with Crippen molar-refractivity contribution in [1.82, 2.24) is 4.90 Å². The Morgan fingerprint density at radius 2 is 1.86 bits per heavy atom. The first-order valence-electron chi connectivity index (χ1n) is 8.76. The normalized spacial score (nSPS) is 28.5. The lowest BCUT2D eigenvalue weighted by molar-refractivity contribution is -0.151. The molecule has 0 aromatic carbocycles. The van der Waals surface area contributed by atoms with E-state index in [0.29, 0.717) is 24.5 Å². The van der Waals surface area contributed by atoms with Crippen LogP contribution in [0.1, 0.15) is 58.3 Å². The molecule has 1 saturated heterocycles. The Kier molecular flexibility index (Phi) is 4.28. The van der Waals surface area contributed by atoms with Gasteiger partial charge in [0.25, 0.3) is 0 Å². The first-order valence-corrected chi connectivity index (χ1v) is 8.76. The lowest BCUT2D eigenvalue weighted by Gasteiger charge is -2.42. The average Bonchev–Trinajstić information content (AvgIpc) is 3.24. The van der Waals surface area contributed by atoms with Crippen LogP contribution < -0.4 is 5.73 Å². The number of nitrogens with zero attached hydrogens (tertiary/aromatic N) is 1. The van der Waals surface area contributed by atoms with Crippen molar-refractivity contribution in [3.05, 3.63) is 0 Å². The summed E-state index contributed by atoms with van der Waals surface area (Å²) in [4.78, 5) is 14.7. The molecule has 2 N–H and O–H groups in total. The molecule has 21 heavy (non-hydrogen) atoms. The second kappa shape index (κ2) is 5.88. The zero-order chi connectivity index (χ0) is 14.9. The molecule has 2 saturated carbocycles. The van der Waals surface area contributed by atoms with Gasteiger partial charge < -0.3 is 15.4 Å². The van der Waals surface area contributed by atoms with Gasteiger partial charge in [0, 0.05) is 6.54 Å². The van der Waals surface area contributed by atoms with Gasteiger partial charge in [-0.3, -0.25) is 0 Å². The fourth-order valence-electron chi connectivity index (χ4n) is 4.40. The molecular weight excluding hydrogens is 264 g/mol. The van der Waals surface area contributed by atoms with Crippen molar-refractivity contribution >= 4 is 5.97 Å². The first-order chi connectivity index (χ1) is 10.1. The van der Waals surface area contributed by atoms with E-state index in [-0.39, 0.29) is 5.97 Å². The van der Waals surface area contributed by atoms with Crippen LogP contribution >= 0.6 is 0 Å². The number of esters is 1. The third kappa shape index (κ3) is 3.11. The largest absolute Gasteiger partial charge is 0.465 e. The van der Waals surface area contributed by atoms with Crippen molar-refractivity contribution in [3.8, 4) is 0 Å². The minimum absolute atomic E-state index is 0.186. The number of carbonyl (C=O) groups excluding carboxylic acids is 1. The van der Waals surface area contributed by atoms with Gasteiger partial charge in [-0.2, -0.15) is 0 Å². The third-order valence-electron chi connectivity index (χ3n) is 6.03. The van der Waals surface area contributed by atoms with Crippen LogP contribution in [0.3, 0.4) is 0 Å². The lowest BCUT2D eigenvalue weighted by Crippen LogP contribution is -2.60. The molecule has 0 radical (unpaired) electrons. The smallest absolute Gasteiger partial charge is 0.327 e. The zero-order valence-electron chi connectivity index (χ0n) is 13.4. The number of carbonyl (C=O) groups is 1. The summed E-state index contributed by atoms with van der Waals surface area (Å²) in [5.74, 6) is 0.146. The van der Waals surface area contributed by atoms with Gasteiger partial charge in [0.2, 0.25) is 0 Å². The molecule has 0 aromatic rings. The standard InChI is InChI=1S/C17H30N2O2/c1-2-21-15(20)17(18,14-5-6-14)13-19-11-9-16(10-12-19)7-3-4-8-16/h14H,2-13,18H2,1H3. The Labute approximate surface area is 128 Å². The number of ether oxygens (including phenoxy) is 1. The predicted molar refractivity (Wildman–Crippen MR) is 82.9 cm³/mol. The van der Waals surface area contributed by atoms with Crippen molar-refractivity contribution in [3.63, 3.8) is 0 Å². The minimum Gasteiger partial charge on any atom is -0.465 e. The van der Waals surface area contributed by atoms with E-state index >= 15 is 0 Å². The molecule has 0 aromatic heterocycles. The third-order valence-corrected chi connectivity index (χ3v) is 6.03. The van der Waals surface area contributed by atoms with Crippen LogP contribution in [0, 0.1) is 11.3 Å². The van der Waals surface area contributed by atoms with Crippen LogP contribution in [0.2, 0.25) is 0 Å². The highest BCUT2D eigenvalue weighted by Gasteiger charge is 2.50. The van der Waals surface area contributed by atoms with Gasteiger partial charge >= 0.3 is 5.97 Å². The average molecular weight is 294 g/mol. The molecule has 120 valence electrons. The number of nitrogens with two attached hydrogens (primary N) is 1. The quantitative estimate of drug-likeness (QED) is 0.791. The molecule has 1 heterocycles. The summed E-state index contributed by atoms with van der Waals surface area (Å²) in [6.45, 7) is 5.17. The van der Waals surface area contributed by atoms with Crippen LogP contribution in [-0.4, -0.2) is 42.6 Å². The Morgan fingerprint density at radius 1 is 1.24 bits per heavy atom. The summed E-state index contributed by atoms with van der Waals surface area (Å²) >= 11 is 0. The van der Waals surface area contributed by atoms with E-state index in [1.165, 1.54) is 38.5 Å². The first kappa shape index (κ1) is 15.3. The van der Waals surface area contributed by atoms with Crippen molar-refractivity contribution in [2.24, 2.45) is 17.1 Å². The van der Waals surface area contributed by atoms with Gasteiger partial charge in [-0.05, 0) is 69.9 Å². The number of hydrogen-bond acceptors (Lipinski definition) is 4. The van der Waals surface area contributed by atoms with Crippen molar-refractivity contribution in [2.75, 3.05) is 26.2 Å². The van der Waals surface area contributed by atoms with E-state index in [9.17, 15) is 4.79 Å². The van der Waals surface area contributed by atoms with E-state index in [2.05, 4.69) is 4.90 Å². The second-order valence-electron chi connectivity index (χ2n) is 7.52. The van der Waals surface area contributed by atoms with Crippen LogP contribution in [-0.2, 0) is 9.53 Å². The SMILES string of the molecule is CCOC(=O)C(N)(CN1CCC2(CCCC2)CC1)C1CC1. The summed E-state index contributed by atoms with van der Waals surface area (Å²) in [5, 5.41) is 0. The molecule has 1 aliphatic heterocycles. The molecule has 0 amide bonds. The van der Waals surface area contributed by atoms with Crippen molar-refractivity contribution in [1.29, 1.82) is 0 Å². The number of piperidine rings is 1. The topological polar surface area (TPSA) is 55.6 Å². The van der Waals surface area contributed by atoms with Gasteiger partial charge in [-0.1, -0.05) is 12.8 Å². The monoisotopic (exact) mass is 294 g/mol. The molecule has 4 nitrogen and oxygen atoms in total. The summed E-state index contributed by atoms with van der Waals surface area (Å²) in [7, 11) is 0. The summed E-state index contributed by atoms with van der Waals surface area (Å²) in [6, 6.07) is 0. The Morgan fingerprint density at radius 3 is 2.38 bits per heavy atom. The van der Waals surface area contributed by atoms with Crippen LogP contribution in [0.5, 0.6) is 0 Å². The summed E-state index contributed by atoms with van der Waals surface area (Å²) in [5.41, 5.74) is 6.35. The van der Waals surface area contributed by atoms with E-state index in [4.69, 9.17) is 10.5 Å². The molecule has 4 heteroatoms. The van der Waals surface area contributed by atoms with E-state index < -0.39 is 5.54 Å². The molecule has 3 aliphatic rings. The Hall–Kier alpha value is -0.610. The highest BCUT2D eigenvalue weighted by atomic mass is 16.5. The van der Waals surface area contributed by atoms with E-state index in [1.807, 2.05) is 6.92 Å².